The zero-order valence-corrected chi connectivity index (χ0v) is 7.32. The third-order valence-electron chi connectivity index (χ3n) is 1.41. The smallest absolute Gasteiger partial charge is 0.303 e. The van der Waals surface area contributed by atoms with Crippen molar-refractivity contribution >= 4 is 11.8 Å². The van der Waals surface area contributed by atoms with E-state index in [1.165, 1.54) is 18.2 Å². The minimum absolute atomic E-state index is 0.00102. The molecule has 0 rings (SSSR count). The van der Waals surface area contributed by atoms with E-state index < -0.39 is 5.97 Å². The lowest BCUT2D eigenvalue weighted by Gasteiger charge is -1.97. The van der Waals surface area contributed by atoms with Crippen LogP contribution >= 0.6 is 0 Å². The number of carboxylic acids is 1. The van der Waals surface area contributed by atoms with Gasteiger partial charge in [-0.1, -0.05) is 31.4 Å². The lowest BCUT2D eigenvalue weighted by Crippen LogP contribution is -2.04. The Labute approximate surface area is 77.1 Å². The maximum Gasteiger partial charge on any atom is 0.303 e. The van der Waals surface area contributed by atoms with Crippen LogP contribution in [0.15, 0.2) is 37.0 Å². The number of hydrogen-bond donors (Lipinski definition) is 1. The Balaban J connectivity index is 4.23. The first-order valence-corrected chi connectivity index (χ1v) is 3.82. The molecule has 0 saturated carbocycles. The monoisotopic (exact) mass is 180 g/mol. The Morgan fingerprint density at radius 3 is 2.23 bits per heavy atom. The number of allylic oxidation sites excluding steroid dienone is 4. The highest BCUT2D eigenvalue weighted by molar-refractivity contribution is 5.99. The normalized spacial score (nSPS) is 10.6. The number of aliphatic carboxylic acids is 1. The molecule has 0 unspecified atom stereocenters. The van der Waals surface area contributed by atoms with Crippen molar-refractivity contribution in [3.8, 4) is 0 Å². The molecule has 1 N–H and O–H groups in total. The van der Waals surface area contributed by atoms with Gasteiger partial charge < -0.3 is 5.11 Å². The molecule has 0 aromatic rings. The molecular formula is C10H12O3. The Morgan fingerprint density at radius 1 is 1.23 bits per heavy atom. The van der Waals surface area contributed by atoms with Gasteiger partial charge >= 0.3 is 5.97 Å². The first-order chi connectivity index (χ1) is 6.11. The molecule has 0 atom stereocenters. The van der Waals surface area contributed by atoms with Gasteiger partial charge in [-0.15, -0.1) is 0 Å². The summed E-state index contributed by atoms with van der Waals surface area (Å²) in [7, 11) is 0. The predicted octanol–water partition coefficient (Wildman–Crippen LogP) is 1.72. The van der Waals surface area contributed by atoms with Crippen LogP contribution in [0.4, 0.5) is 0 Å². The SMILES string of the molecule is C=C/C=C(\C=C)C(=O)CCC(=O)O. The van der Waals surface area contributed by atoms with Gasteiger partial charge in [0.15, 0.2) is 5.78 Å². The average Bonchev–Trinajstić information content (AvgIpc) is 2.10. The second-order valence-electron chi connectivity index (χ2n) is 2.38. The topological polar surface area (TPSA) is 54.4 Å². The Morgan fingerprint density at radius 2 is 1.85 bits per heavy atom. The van der Waals surface area contributed by atoms with Crippen molar-refractivity contribution in [2.24, 2.45) is 0 Å². The van der Waals surface area contributed by atoms with Gasteiger partial charge in [0, 0.05) is 12.0 Å². The van der Waals surface area contributed by atoms with Crippen LogP contribution in [-0.2, 0) is 9.59 Å². The standard InChI is InChI=1S/C10H12O3/c1-3-5-8(4-2)9(11)6-7-10(12)13/h3-5H,1-2,6-7H2,(H,12,13)/b8-5+. The number of ketones is 1. The van der Waals surface area contributed by atoms with Crippen molar-refractivity contribution < 1.29 is 14.7 Å². The average molecular weight is 180 g/mol. The van der Waals surface area contributed by atoms with E-state index in [4.69, 9.17) is 5.11 Å². The van der Waals surface area contributed by atoms with E-state index in [0.29, 0.717) is 5.57 Å². The summed E-state index contributed by atoms with van der Waals surface area (Å²) in [6, 6.07) is 0. The first-order valence-electron chi connectivity index (χ1n) is 3.82. The molecule has 0 amide bonds. The molecule has 70 valence electrons. The van der Waals surface area contributed by atoms with Gasteiger partial charge in [-0.05, 0) is 0 Å². The third kappa shape index (κ3) is 4.74. The van der Waals surface area contributed by atoms with Crippen molar-refractivity contribution in [2.45, 2.75) is 12.8 Å². The van der Waals surface area contributed by atoms with Crippen LogP contribution in [-0.4, -0.2) is 16.9 Å². The zero-order chi connectivity index (χ0) is 10.3. The Hall–Kier alpha value is -1.64. The van der Waals surface area contributed by atoms with Crippen LogP contribution in [0.5, 0.6) is 0 Å². The highest BCUT2D eigenvalue weighted by atomic mass is 16.4. The van der Waals surface area contributed by atoms with Gasteiger partial charge in [-0.25, -0.2) is 0 Å². The van der Waals surface area contributed by atoms with Crippen molar-refractivity contribution in [1.82, 2.24) is 0 Å². The van der Waals surface area contributed by atoms with Crippen LogP contribution in [0.3, 0.4) is 0 Å². The van der Waals surface area contributed by atoms with E-state index in [9.17, 15) is 9.59 Å². The van der Waals surface area contributed by atoms with E-state index >= 15 is 0 Å². The van der Waals surface area contributed by atoms with E-state index in [1.807, 2.05) is 0 Å². The molecule has 3 nitrogen and oxygen atoms in total. The quantitative estimate of drug-likeness (QED) is 0.500. The molecule has 3 heteroatoms. The summed E-state index contributed by atoms with van der Waals surface area (Å²) in [5.41, 5.74) is 0.399. The fourth-order valence-electron chi connectivity index (χ4n) is 0.767. The molecule has 0 heterocycles. The molecule has 0 fully saturated rings. The second kappa shape index (κ2) is 5.94. The minimum atomic E-state index is -0.977. The van der Waals surface area contributed by atoms with E-state index in [0.717, 1.165) is 0 Å². The Bertz CT molecular complexity index is 261. The molecule has 0 aliphatic heterocycles. The van der Waals surface area contributed by atoms with Crippen molar-refractivity contribution in [3.63, 3.8) is 0 Å². The molecule has 0 aromatic carbocycles. The summed E-state index contributed by atoms with van der Waals surface area (Å²) < 4.78 is 0. The Kier molecular flexibility index (Phi) is 5.19. The van der Waals surface area contributed by atoms with Crippen LogP contribution < -0.4 is 0 Å². The molecule has 0 radical (unpaired) electrons. The van der Waals surface area contributed by atoms with Gasteiger partial charge in [-0.3, -0.25) is 9.59 Å². The lowest BCUT2D eigenvalue weighted by atomic mass is 10.1. The van der Waals surface area contributed by atoms with E-state index in [2.05, 4.69) is 13.2 Å². The van der Waals surface area contributed by atoms with Crippen molar-refractivity contribution in [3.05, 3.63) is 37.0 Å². The zero-order valence-electron chi connectivity index (χ0n) is 7.32. The molecule has 0 aliphatic rings. The number of Topliss-reactive ketones (excluding diaryl/α,β-unsaturated/α-hetero) is 1. The van der Waals surface area contributed by atoms with Gasteiger partial charge in [-0.2, -0.15) is 0 Å². The highest BCUT2D eigenvalue weighted by Gasteiger charge is 2.07. The third-order valence-corrected chi connectivity index (χ3v) is 1.41. The second-order valence-corrected chi connectivity index (χ2v) is 2.38. The summed E-state index contributed by atoms with van der Waals surface area (Å²) >= 11 is 0. The summed E-state index contributed by atoms with van der Waals surface area (Å²) in [6.07, 6.45) is 4.22. The maximum absolute atomic E-state index is 11.2. The van der Waals surface area contributed by atoms with E-state index in [-0.39, 0.29) is 18.6 Å². The fraction of sp³-hybridized carbons (Fsp3) is 0.200. The van der Waals surface area contributed by atoms with Crippen molar-refractivity contribution in [1.29, 1.82) is 0 Å². The highest BCUT2D eigenvalue weighted by Crippen LogP contribution is 2.04. The summed E-state index contributed by atoms with van der Waals surface area (Å²) in [5.74, 6) is -1.20. The van der Waals surface area contributed by atoms with Crippen molar-refractivity contribution in [2.75, 3.05) is 0 Å². The summed E-state index contributed by atoms with van der Waals surface area (Å²) in [6.45, 7) is 6.88. The maximum atomic E-state index is 11.2. The predicted molar refractivity (Wildman–Crippen MR) is 50.4 cm³/mol. The van der Waals surface area contributed by atoms with Gasteiger partial charge in [0.25, 0.3) is 0 Å². The molecular weight excluding hydrogens is 168 g/mol. The molecule has 0 aromatic heterocycles. The number of rotatable bonds is 6. The molecule has 0 aliphatic carbocycles. The molecule has 0 spiro atoms. The number of hydrogen-bond acceptors (Lipinski definition) is 2. The number of carboxylic acid groups (broad SMARTS) is 1. The fourth-order valence-corrected chi connectivity index (χ4v) is 0.767. The van der Waals surface area contributed by atoms with Crippen LogP contribution in [0.1, 0.15) is 12.8 Å². The van der Waals surface area contributed by atoms with Crippen LogP contribution in [0.2, 0.25) is 0 Å². The molecule has 0 bridgehead atoms. The van der Waals surface area contributed by atoms with Crippen LogP contribution in [0.25, 0.3) is 0 Å². The number of carbonyl (C=O) groups excluding carboxylic acids is 1. The van der Waals surface area contributed by atoms with Crippen LogP contribution in [0, 0.1) is 0 Å². The van der Waals surface area contributed by atoms with Gasteiger partial charge in [0.05, 0.1) is 6.42 Å². The first kappa shape index (κ1) is 11.4. The minimum Gasteiger partial charge on any atom is -0.481 e. The molecule has 0 saturated heterocycles. The summed E-state index contributed by atoms with van der Waals surface area (Å²) in [5, 5.41) is 8.33. The lowest BCUT2D eigenvalue weighted by molar-refractivity contribution is -0.138. The summed E-state index contributed by atoms with van der Waals surface area (Å²) in [4.78, 5) is 21.4. The van der Waals surface area contributed by atoms with Gasteiger partial charge in [0.1, 0.15) is 0 Å². The van der Waals surface area contributed by atoms with E-state index in [1.54, 1.807) is 0 Å². The molecule has 13 heavy (non-hydrogen) atoms. The number of carbonyl (C=O) groups is 2. The van der Waals surface area contributed by atoms with Gasteiger partial charge in [0.2, 0.25) is 0 Å². The largest absolute Gasteiger partial charge is 0.481 e.